The molecule has 0 spiro atoms. The Bertz CT molecular complexity index is 101. The first kappa shape index (κ1) is 9.71. The molecule has 1 unspecified atom stereocenters. The molecule has 2 N–H and O–H groups in total. The Morgan fingerprint density at radius 1 is 1.30 bits per heavy atom. The highest BCUT2D eigenvalue weighted by atomic mass is 19.4. The molecular weight excluding hydrogens is 147 g/mol. The van der Waals surface area contributed by atoms with Gasteiger partial charge in [0.15, 0.2) is 0 Å². The van der Waals surface area contributed by atoms with Crippen molar-refractivity contribution < 1.29 is 18.3 Å². The topological polar surface area (TPSA) is 44.0 Å². The SMILES string of the molecule is CC(C)(O)C([NH-])C(F)(F)F. The van der Waals surface area contributed by atoms with Crippen LogP contribution in [0.4, 0.5) is 13.2 Å². The Kier molecular flexibility index (Phi) is 2.32. The van der Waals surface area contributed by atoms with Crippen molar-refractivity contribution in [1.29, 1.82) is 0 Å². The van der Waals surface area contributed by atoms with E-state index in [2.05, 4.69) is 0 Å². The molecule has 0 amide bonds. The van der Waals surface area contributed by atoms with Gasteiger partial charge in [-0.05, 0) is 19.9 Å². The highest BCUT2D eigenvalue weighted by molar-refractivity contribution is 4.94. The first-order valence-corrected chi connectivity index (χ1v) is 2.66. The smallest absolute Gasteiger partial charge is 0.376 e. The van der Waals surface area contributed by atoms with Crippen LogP contribution in [0.1, 0.15) is 13.8 Å². The average molecular weight is 156 g/mol. The van der Waals surface area contributed by atoms with Crippen molar-refractivity contribution in [3.63, 3.8) is 0 Å². The van der Waals surface area contributed by atoms with Crippen molar-refractivity contribution in [3.8, 4) is 0 Å². The average Bonchev–Trinajstić information content (AvgIpc) is 1.59. The lowest BCUT2D eigenvalue weighted by Crippen LogP contribution is -2.43. The summed E-state index contributed by atoms with van der Waals surface area (Å²) in [6, 6.07) is -2.43. The Morgan fingerprint density at radius 2 is 1.60 bits per heavy atom. The van der Waals surface area contributed by atoms with Crippen molar-refractivity contribution in [3.05, 3.63) is 5.73 Å². The number of alkyl halides is 3. The molecular formula is C5H9F3NO-. The monoisotopic (exact) mass is 156 g/mol. The van der Waals surface area contributed by atoms with Gasteiger partial charge in [0.1, 0.15) is 0 Å². The van der Waals surface area contributed by atoms with Gasteiger partial charge in [0.05, 0.1) is 5.60 Å². The summed E-state index contributed by atoms with van der Waals surface area (Å²) < 4.78 is 34.8. The molecule has 0 saturated carbocycles. The molecule has 0 rings (SSSR count). The van der Waals surface area contributed by atoms with Gasteiger partial charge in [0.2, 0.25) is 0 Å². The van der Waals surface area contributed by atoms with Gasteiger partial charge in [-0.1, -0.05) is 0 Å². The standard InChI is InChI=1S/C5H9F3NO/c1-4(2,10)3(9)5(6,7)8/h3,9-10H,1-2H3/q-1. The minimum Gasteiger partial charge on any atom is -0.665 e. The molecule has 0 aliphatic rings. The van der Waals surface area contributed by atoms with E-state index in [1.807, 2.05) is 0 Å². The minimum absolute atomic E-state index is 0.957. The molecule has 0 aromatic rings. The van der Waals surface area contributed by atoms with E-state index in [1.54, 1.807) is 0 Å². The Hall–Kier alpha value is -0.290. The summed E-state index contributed by atoms with van der Waals surface area (Å²) in [6.07, 6.45) is -4.64. The lowest BCUT2D eigenvalue weighted by atomic mass is 10.00. The van der Waals surface area contributed by atoms with Crippen LogP contribution in [0.15, 0.2) is 0 Å². The van der Waals surface area contributed by atoms with Crippen LogP contribution >= 0.6 is 0 Å². The van der Waals surface area contributed by atoms with E-state index >= 15 is 0 Å². The van der Waals surface area contributed by atoms with Crippen LogP contribution in [0, 0.1) is 0 Å². The van der Waals surface area contributed by atoms with Gasteiger partial charge < -0.3 is 10.8 Å². The zero-order valence-corrected chi connectivity index (χ0v) is 5.66. The van der Waals surface area contributed by atoms with Crippen molar-refractivity contribution in [1.82, 2.24) is 0 Å². The molecule has 0 aromatic heterocycles. The molecule has 0 aromatic carbocycles. The predicted octanol–water partition coefficient (Wildman–Crippen LogP) is 1.74. The zero-order chi connectivity index (χ0) is 8.58. The highest BCUT2D eigenvalue weighted by Gasteiger charge is 2.39. The van der Waals surface area contributed by atoms with Gasteiger partial charge >= 0.3 is 6.18 Å². The van der Waals surface area contributed by atoms with Gasteiger partial charge in [-0.2, -0.15) is 13.2 Å². The van der Waals surface area contributed by atoms with Gasteiger partial charge in [0.25, 0.3) is 0 Å². The first-order chi connectivity index (χ1) is 4.15. The third kappa shape index (κ3) is 2.53. The van der Waals surface area contributed by atoms with E-state index in [1.165, 1.54) is 0 Å². The van der Waals surface area contributed by atoms with Crippen LogP contribution in [0.25, 0.3) is 5.73 Å². The molecule has 5 heteroatoms. The maximum atomic E-state index is 11.6. The molecule has 0 saturated heterocycles. The van der Waals surface area contributed by atoms with Crippen molar-refractivity contribution in [2.45, 2.75) is 31.7 Å². The number of aliphatic hydroxyl groups is 1. The summed E-state index contributed by atoms with van der Waals surface area (Å²) in [7, 11) is 0. The minimum atomic E-state index is -4.64. The molecule has 0 heterocycles. The van der Waals surface area contributed by atoms with E-state index < -0.39 is 17.8 Å². The molecule has 0 aliphatic carbocycles. The first-order valence-electron chi connectivity index (χ1n) is 2.66. The third-order valence-electron chi connectivity index (χ3n) is 1.03. The maximum absolute atomic E-state index is 11.6. The van der Waals surface area contributed by atoms with Crippen LogP contribution in [0.5, 0.6) is 0 Å². The van der Waals surface area contributed by atoms with Crippen LogP contribution < -0.4 is 0 Å². The van der Waals surface area contributed by atoms with Crippen LogP contribution in [0.3, 0.4) is 0 Å². The quantitative estimate of drug-likeness (QED) is 0.617. The lowest BCUT2D eigenvalue weighted by molar-refractivity contribution is -0.173. The number of nitrogens with one attached hydrogen (secondary N) is 1. The van der Waals surface area contributed by atoms with Gasteiger partial charge in [-0.25, -0.2) is 0 Å². The predicted molar refractivity (Wildman–Crippen MR) is 30.5 cm³/mol. The van der Waals surface area contributed by atoms with Crippen molar-refractivity contribution in [2.75, 3.05) is 0 Å². The normalized spacial score (nSPS) is 17.1. The lowest BCUT2D eigenvalue weighted by Gasteiger charge is -2.34. The fourth-order valence-electron chi connectivity index (χ4n) is 0.401. The summed E-state index contributed by atoms with van der Waals surface area (Å²) in [4.78, 5) is 0. The molecule has 10 heavy (non-hydrogen) atoms. The summed E-state index contributed by atoms with van der Waals surface area (Å²) in [6.45, 7) is 1.91. The zero-order valence-electron chi connectivity index (χ0n) is 5.66. The van der Waals surface area contributed by atoms with E-state index in [4.69, 9.17) is 10.8 Å². The number of halogens is 3. The van der Waals surface area contributed by atoms with Gasteiger partial charge in [0, 0.05) is 0 Å². The second kappa shape index (κ2) is 2.39. The molecule has 0 aliphatic heterocycles. The summed E-state index contributed by atoms with van der Waals surface area (Å²) in [5.41, 5.74) is 4.48. The Labute approximate surface area is 56.8 Å². The maximum Gasteiger partial charge on any atom is 0.376 e. The van der Waals surface area contributed by atoms with Crippen molar-refractivity contribution >= 4 is 0 Å². The van der Waals surface area contributed by atoms with Crippen molar-refractivity contribution in [2.24, 2.45) is 0 Å². The molecule has 2 nitrogen and oxygen atoms in total. The van der Waals surface area contributed by atoms with Crippen LogP contribution in [0.2, 0.25) is 0 Å². The molecule has 0 bridgehead atoms. The summed E-state index contributed by atoms with van der Waals surface area (Å²) in [5.74, 6) is 0. The summed E-state index contributed by atoms with van der Waals surface area (Å²) in [5, 5.41) is 8.71. The largest absolute Gasteiger partial charge is 0.665 e. The third-order valence-corrected chi connectivity index (χ3v) is 1.03. The molecule has 0 fully saturated rings. The second-order valence-electron chi connectivity index (χ2n) is 2.63. The Balaban J connectivity index is 4.23. The Morgan fingerprint density at radius 3 is 1.60 bits per heavy atom. The van der Waals surface area contributed by atoms with Crippen LogP contribution in [-0.2, 0) is 0 Å². The van der Waals surface area contributed by atoms with E-state index in [0.29, 0.717) is 0 Å². The van der Waals surface area contributed by atoms with Gasteiger partial charge in [-0.3, -0.25) is 0 Å². The fraction of sp³-hybridized carbons (Fsp3) is 1.00. The second-order valence-corrected chi connectivity index (χ2v) is 2.63. The number of hydrogen-bond donors (Lipinski definition) is 1. The van der Waals surface area contributed by atoms with E-state index in [0.717, 1.165) is 13.8 Å². The number of rotatable bonds is 1. The molecule has 0 radical (unpaired) electrons. The molecule has 62 valence electrons. The highest BCUT2D eigenvalue weighted by Crippen LogP contribution is 2.29. The van der Waals surface area contributed by atoms with E-state index in [-0.39, 0.29) is 0 Å². The summed E-state index contributed by atoms with van der Waals surface area (Å²) >= 11 is 0. The number of hydrogen-bond acceptors (Lipinski definition) is 1. The van der Waals surface area contributed by atoms with E-state index in [9.17, 15) is 13.2 Å². The van der Waals surface area contributed by atoms with Gasteiger partial charge in [-0.15, -0.1) is 0 Å². The fourth-order valence-corrected chi connectivity index (χ4v) is 0.401. The molecule has 1 atom stereocenters. The van der Waals surface area contributed by atoms with Crippen LogP contribution in [-0.4, -0.2) is 22.9 Å².